The third-order valence-electron chi connectivity index (χ3n) is 6.11. The molecule has 0 aliphatic rings. The first-order chi connectivity index (χ1) is 18.8. The Hall–Kier alpha value is -4.08. The summed E-state index contributed by atoms with van der Waals surface area (Å²) < 4.78 is 31.7. The first-order valence-electron chi connectivity index (χ1n) is 12.6. The number of anilines is 1. The number of hydrogen-bond acceptors (Lipinski definition) is 5. The van der Waals surface area contributed by atoms with Crippen LogP contribution >= 0.6 is 11.3 Å². The van der Waals surface area contributed by atoms with Crippen molar-refractivity contribution in [1.29, 1.82) is 0 Å². The van der Waals surface area contributed by atoms with Gasteiger partial charge in [0.15, 0.2) is 0 Å². The molecule has 0 fully saturated rings. The Balaban J connectivity index is 0.00000172. The minimum absolute atomic E-state index is 0.249. The zero-order valence-corrected chi connectivity index (χ0v) is 23.1. The van der Waals surface area contributed by atoms with Crippen molar-refractivity contribution < 1.29 is 8.78 Å². The summed E-state index contributed by atoms with van der Waals surface area (Å²) in [5.41, 5.74) is 7.01. The third-order valence-corrected chi connectivity index (χ3v) is 7.42. The fraction of sp³-hybridized carbons (Fsp3) is 0.200. The smallest absolute Gasteiger partial charge is 0.337 e. The fourth-order valence-electron chi connectivity index (χ4n) is 4.39. The SMILES string of the molecule is CC.CN(C)Cc1c(-c2ccc(N)cc2)sc2c1c(=O)n(-c1ccccc1)c(=O)n2Cc1c(F)cccc1F. The molecule has 5 aromatic rings. The van der Waals surface area contributed by atoms with Crippen LogP contribution in [0.15, 0.2) is 82.4 Å². The van der Waals surface area contributed by atoms with E-state index in [4.69, 9.17) is 5.73 Å². The van der Waals surface area contributed by atoms with Crippen molar-refractivity contribution in [2.75, 3.05) is 19.8 Å². The van der Waals surface area contributed by atoms with Crippen molar-refractivity contribution in [2.24, 2.45) is 0 Å². The number of nitrogens with two attached hydrogens (primary N) is 1. The van der Waals surface area contributed by atoms with Crippen LogP contribution in [0.4, 0.5) is 14.5 Å². The fourth-order valence-corrected chi connectivity index (χ4v) is 5.69. The molecule has 0 amide bonds. The molecule has 0 saturated heterocycles. The van der Waals surface area contributed by atoms with Crippen molar-refractivity contribution >= 4 is 27.2 Å². The first kappa shape index (κ1) is 27.9. The lowest BCUT2D eigenvalue weighted by Crippen LogP contribution is -2.39. The van der Waals surface area contributed by atoms with Crippen molar-refractivity contribution in [3.8, 4) is 16.1 Å². The Bertz CT molecular complexity index is 1700. The summed E-state index contributed by atoms with van der Waals surface area (Å²) in [6.45, 7) is 4.04. The van der Waals surface area contributed by atoms with E-state index < -0.39 is 22.9 Å². The van der Waals surface area contributed by atoms with Crippen LogP contribution in [-0.4, -0.2) is 28.1 Å². The summed E-state index contributed by atoms with van der Waals surface area (Å²) in [4.78, 5) is 30.8. The predicted octanol–water partition coefficient (Wildman–Crippen LogP) is 5.88. The van der Waals surface area contributed by atoms with E-state index in [0.29, 0.717) is 28.1 Å². The molecule has 6 nitrogen and oxygen atoms in total. The van der Waals surface area contributed by atoms with Gasteiger partial charge in [-0.3, -0.25) is 9.36 Å². The highest BCUT2D eigenvalue weighted by Gasteiger charge is 2.25. The molecule has 39 heavy (non-hydrogen) atoms. The topological polar surface area (TPSA) is 73.3 Å². The molecule has 0 spiro atoms. The largest absolute Gasteiger partial charge is 0.399 e. The molecule has 2 N–H and O–H groups in total. The van der Waals surface area contributed by atoms with Crippen LogP contribution in [0, 0.1) is 11.6 Å². The van der Waals surface area contributed by atoms with Crippen molar-refractivity contribution in [3.63, 3.8) is 0 Å². The van der Waals surface area contributed by atoms with Gasteiger partial charge >= 0.3 is 5.69 Å². The second kappa shape index (κ2) is 11.8. The van der Waals surface area contributed by atoms with Crippen molar-refractivity contribution in [2.45, 2.75) is 26.9 Å². The van der Waals surface area contributed by atoms with Gasteiger partial charge in [0.05, 0.1) is 17.6 Å². The van der Waals surface area contributed by atoms with Crippen LogP contribution in [0.5, 0.6) is 0 Å². The number of benzene rings is 3. The van der Waals surface area contributed by atoms with E-state index in [1.165, 1.54) is 22.0 Å². The Morgan fingerprint density at radius 2 is 1.46 bits per heavy atom. The van der Waals surface area contributed by atoms with Crippen LogP contribution < -0.4 is 17.0 Å². The van der Waals surface area contributed by atoms with Crippen LogP contribution in [-0.2, 0) is 13.1 Å². The van der Waals surface area contributed by atoms with Gasteiger partial charge < -0.3 is 10.6 Å². The Kier molecular flexibility index (Phi) is 8.42. The van der Waals surface area contributed by atoms with Gasteiger partial charge in [0.2, 0.25) is 0 Å². The molecule has 0 aliphatic carbocycles. The first-order valence-corrected chi connectivity index (χ1v) is 13.4. The maximum Gasteiger partial charge on any atom is 0.337 e. The van der Waals surface area contributed by atoms with E-state index in [0.717, 1.165) is 32.7 Å². The lowest BCUT2D eigenvalue weighted by Gasteiger charge is -2.15. The maximum atomic E-state index is 14.7. The lowest BCUT2D eigenvalue weighted by atomic mass is 10.1. The number of fused-ring (bicyclic) bond motifs is 1. The molecular formula is C30H30F2N4O2S. The normalized spacial score (nSPS) is 11.1. The third kappa shape index (κ3) is 5.41. The summed E-state index contributed by atoms with van der Waals surface area (Å²) in [5.74, 6) is -1.53. The molecule has 0 unspecified atom stereocenters. The highest BCUT2D eigenvalue weighted by Crippen LogP contribution is 2.38. The maximum absolute atomic E-state index is 14.7. The Morgan fingerprint density at radius 1 is 0.846 bits per heavy atom. The average molecular weight is 549 g/mol. The molecule has 9 heteroatoms. The van der Waals surface area contributed by atoms with E-state index in [-0.39, 0.29) is 12.1 Å². The van der Waals surface area contributed by atoms with Gasteiger partial charge in [-0.2, -0.15) is 0 Å². The minimum Gasteiger partial charge on any atom is -0.399 e. The van der Waals surface area contributed by atoms with E-state index in [9.17, 15) is 18.4 Å². The highest BCUT2D eigenvalue weighted by molar-refractivity contribution is 7.22. The number of thiophene rings is 1. The molecule has 0 radical (unpaired) electrons. The number of hydrogen-bond donors (Lipinski definition) is 1. The van der Waals surface area contributed by atoms with Gasteiger partial charge in [0.1, 0.15) is 16.5 Å². The highest BCUT2D eigenvalue weighted by atomic mass is 32.1. The van der Waals surface area contributed by atoms with Crippen LogP contribution in [0.25, 0.3) is 26.3 Å². The molecule has 2 aromatic heterocycles. The monoisotopic (exact) mass is 548 g/mol. The summed E-state index contributed by atoms with van der Waals surface area (Å²) in [7, 11) is 3.77. The number of para-hydroxylation sites is 1. The van der Waals surface area contributed by atoms with E-state index in [1.54, 1.807) is 42.5 Å². The van der Waals surface area contributed by atoms with E-state index >= 15 is 0 Å². The molecule has 0 aliphatic heterocycles. The van der Waals surface area contributed by atoms with Crippen molar-refractivity contribution in [3.05, 3.63) is 116 Å². The second-order valence-corrected chi connectivity index (χ2v) is 9.99. The Labute approximate surface area is 229 Å². The van der Waals surface area contributed by atoms with Gasteiger partial charge in [0, 0.05) is 22.7 Å². The van der Waals surface area contributed by atoms with Crippen LogP contribution in [0.2, 0.25) is 0 Å². The summed E-state index contributed by atoms with van der Waals surface area (Å²) in [6.07, 6.45) is 0. The number of aromatic nitrogens is 2. The number of rotatable bonds is 6. The molecule has 202 valence electrons. The molecular weight excluding hydrogens is 518 g/mol. The van der Waals surface area contributed by atoms with Gasteiger partial charge in [-0.15, -0.1) is 11.3 Å². The number of halogens is 2. The number of nitrogens with zero attached hydrogens (tertiary/aromatic N) is 3. The van der Waals surface area contributed by atoms with Gasteiger partial charge in [-0.25, -0.2) is 18.1 Å². The summed E-state index contributed by atoms with van der Waals surface area (Å²) in [5, 5.41) is 0.339. The molecule has 0 saturated carbocycles. The molecule has 3 aromatic carbocycles. The molecule has 5 rings (SSSR count). The van der Waals surface area contributed by atoms with Crippen molar-refractivity contribution in [1.82, 2.24) is 14.0 Å². The molecule has 0 bridgehead atoms. The van der Waals surface area contributed by atoms with Gasteiger partial charge in [-0.1, -0.05) is 50.2 Å². The van der Waals surface area contributed by atoms with E-state index in [2.05, 4.69) is 0 Å². The van der Waals surface area contributed by atoms with Crippen LogP contribution in [0.3, 0.4) is 0 Å². The predicted molar refractivity (Wildman–Crippen MR) is 156 cm³/mol. The average Bonchev–Trinajstić information content (AvgIpc) is 3.29. The minimum atomic E-state index is -0.763. The molecule has 2 heterocycles. The summed E-state index contributed by atoms with van der Waals surface area (Å²) in [6, 6.07) is 19.4. The second-order valence-electron chi connectivity index (χ2n) is 8.99. The van der Waals surface area contributed by atoms with E-state index in [1.807, 2.05) is 45.0 Å². The summed E-state index contributed by atoms with van der Waals surface area (Å²) >= 11 is 1.25. The van der Waals surface area contributed by atoms with Gasteiger partial charge in [0.25, 0.3) is 5.56 Å². The van der Waals surface area contributed by atoms with Gasteiger partial charge in [-0.05, 0) is 61.6 Å². The lowest BCUT2D eigenvalue weighted by molar-refractivity contribution is 0.405. The van der Waals surface area contributed by atoms with Crippen LogP contribution in [0.1, 0.15) is 25.0 Å². The zero-order valence-electron chi connectivity index (χ0n) is 22.2. The molecule has 0 atom stereocenters. The quantitative estimate of drug-likeness (QED) is 0.269. The number of nitrogen functional groups attached to an aromatic ring is 1. The Morgan fingerprint density at radius 3 is 2.05 bits per heavy atom. The zero-order chi connectivity index (χ0) is 28.3. The standard InChI is InChI=1S/C28H24F2N4O2S.C2H6/c1-32(2)15-21-24-26(35)34(19-7-4-3-5-8-19)28(36)33(16-20-22(29)9-6-10-23(20)30)27(24)37-25(21)17-11-13-18(31)14-12-17;1-2/h3-14H,15-16,31H2,1-2H3;1-2H3.